The number of benzene rings is 1. The minimum atomic E-state index is -0.144. The van der Waals surface area contributed by atoms with Gasteiger partial charge in [0, 0.05) is 6.42 Å². The minimum absolute atomic E-state index is 0.00519. The summed E-state index contributed by atoms with van der Waals surface area (Å²) in [7, 11) is 0. The lowest BCUT2D eigenvalue weighted by atomic mass is 9.49. The van der Waals surface area contributed by atoms with Gasteiger partial charge in [-0.05, 0) is 92.1 Å². The van der Waals surface area contributed by atoms with Gasteiger partial charge in [-0.1, -0.05) is 24.3 Å². The molecule has 1 aromatic rings. The SMILES string of the molecule is O=C(CC12CC3CC(CC(C3)C1)C2)NNC(=O)[C@H]1CCCc2ccccc21. The zero-order chi connectivity index (χ0) is 18.4. The van der Waals surface area contributed by atoms with E-state index >= 15 is 0 Å². The molecule has 0 heterocycles. The number of hydrogen-bond acceptors (Lipinski definition) is 2. The van der Waals surface area contributed by atoms with Crippen LogP contribution < -0.4 is 10.9 Å². The summed E-state index contributed by atoms with van der Waals surface area (Å²) in [6.07, 6.45) is 11.3. The summed E-state index contributed by atoms with van der Waals surface area (Å²) in [5.74, 6) is 2.32. The smallest absolute Gasteiger partial charge is 0.245 e. The third-order valence-electron chi connectivity index (χ3n) is 7.71. The number of hydrazine groups is 1. The molecule has 144 valence electrons. The second kappa shape index (κ2) is 6.65. The molecule has 27 heavy (non-hydrogen) atoms. The first-order chi connectivity index (χ1) is 13.1. The second-order valence-electron chi connectivity index (χ2n) is 9.78. The fraction of sp³-hybridized carbons (Fsp3) is 0.652. The first-order valence-electron chi connectivity index (χ1n) is 10.8. The summed E-state index contributed by atoms with van der Waals surface area (Å²) < 4.78 is 0. The van der Waals surface area contributed by atoms with Crippen molar-refractivity contribution in [2.24, 2.45) is 23.2 Å². The predicted octanol–water partition coefficient (Wildman–Crippen LogP) is 3.86. The van der Waals surface area contributed by atoms with Crippen LogP contribution in [0, 0.1) is 23.2 Å². The van der Waals surface area contributed by atoms with Crippen molar-refractivity contribution in [1.82, 2.24) is 10.9 Å². The third-order valence-corrected chi connectivity index (χ3v) is 7.71. The van der Waals surface area contributed by atoms with Crippen molar-refractivity contribution in [3.63, 3.8) is 0 Å². The van der Waals surface area contributed by atoms with Crippen molar-refractivity contribution >= 4 is 11.8 Å². The van der Waals surface area contributed by atoms with Crippen LogP contribution >= 0.6 is 0 Å². The summed E-state index contributed by atoms with van der Waals surface area (Å²) in [5, 5.41) is 0. The predicted molar refractivity (Wildman–Crippen MR) is 104 cm³/mol. The van der Waals surface area contributed by atoms with Crippen molar-refractivity contribution in [2.75, 3.05) is 0 Å². The van der Waals surface area contributed by atoms with Crippen LogP contribution in [-0.2, 0) is 16.0 Å². The number of aryl methyl sites for hydroxylation is 1. The van der Waals surface area contributed by atoms with Crippen LogP contribution in [0.4, 0.5) is 0 Å². The van der Waals surface area contributed by atoms with E-state index in [1.807, 2.05) is 12.1 Å². The van der Waals surface area contributed by atoms with E-state index in [1.165, 1.54) is 44.1 Å². The molecule has 0 radical (unpaired) electrons. The van der Waals surface area contributed by atoms with Gasteiger partial charge in [-0.3, -0.25) is 20.4 Å². The summed E-state index contributed by atoms with van der Waals surface area (Å²) in [6.45, 7) is 0. The number of amides is 2. The molecule has 4 bridgehead atoms. The summed E-state index contributed by atoms with van der Waals surface area (Å²) in [5.41, 5.74) is 8.08. The Labute approximate surface area is 161 Å². The molecular formula is C23H30N2O2. The van der Waals surface area contributed by atoms with Crippen LogP contribution in [0.15, 0.2) is 24.3 Å². The number of nitrogens with one attached hydrogen (secondary N) is 2. The van der Waals surface area contributed by atoms with E-state index in [-0.39, 0.29) is 23.1 Å². The van der Waals surface area contributed by atoms with Gasteiger partial charge in [-0.2, -0.15) is 0 Å². The van der Waals surface area contributed by atoms with Gasteiger partial charge in [0.2, 0.25) is 11.8 Å². The Kier molecular flexibility index (Phi) is 4.25. The average Bonchev–Trinajstić information content (AvgIpc) is 2.64. The molecule has 1 atom stereocenters. The molecule has 5 aliphatic carbocycles. The molecule has 0 aliphatic heterocycles. The van der Waals surface area contributed by atoms with E-state index in [9.17, 15) is 9.59 Å². The van der Waals surface area contributed by atoms with E-state index in [0.29, 0.717) is 6.42 Å². The molecular weight excluding hydrogens is 336 g/mol. The number of rotatable bonds is 3. The Morgan fingerprint density at radius 1 is 0.963 bits per heavy atom. The molecule has 4 fully saturated rings. The van der Waals surface area contributed by atoms with E-state index in [4.69, 9.17) is 0 Å². The number of carbonyl (C=O) groups excluding carboxylic acids is 2. The maximum Gasteiger partial charge on any atom is 0.245 e. The largest absolute Gasteiger partial charge is 0.273 e. The summed E-state index contributed by atoms with van der Waals surface area (Å²) >= 11 is 0. The standard InChI is InChI=1S/C23H30N2O2/c26-21(14-23-11-15-8-16(12-23)10-17(9-15)13-23)24-25-22(27)20-7-3-5-18-4-1-2-6-19(18)20/h1-2,4,6,15-17,20H,3,5,7-14H2,(H,24,26)(H,25,27)/t15?,16?,17?,20-,23?/m0/s1. The Hall–Kier alpha value is -1.84. The molecule has 4 heteroatoms. The highest BCUT2D eigenvalue weighted by atomic mass is 16.2. The molecule has 2 amide bonds. The van der Waals surface area contributed by atoms with E-state index in [1.54, 1.807) is 0 Å². The Balaban J connectivity index is 1.19. The second-order valence-corrected chi connectivity index (χ2v) is 9.78. The topological polar surface area (TPSA) is 58.2 Å². The van der Waals surface area contributed by atoms with Gasteiger partial charge in [-0.15, -0.1) is 0 Å². The van der Waals surface area contributed by atoms with Crippen molar-refractivity contribution in [3.05, 3.63) is 35.4 Å². The molecule has 5 aliphatic rings. The van der Waals surface area contributed by atoms with Crippen LogP contribution in [-0.4, -0.2) is 11.8 Å². The lowest BCUT2D eigenvalue weighted by molar-refractivity contribution is -0.134. The van der Waals surface area contributed by atoms with Crippen LogP contribution in [0.1, 0.15) is 74.8 Å². The Morgan fingerprint density at radius 2 is 1.63 bits per heavy atom. The highest BCUT2D eigenvalue weighted by molar-refractivity contribution is 5.87. The van der Waals surface area contributed by atoms with Crippen molar-refractivity contribution in [1.29, 1.82) is 0 Å². The average molecular weight is 367 g/mol. The first kappa shape index (κ1) is 17.3. The molecule has 4 saturated carbocycles. The summed E-state index contributed by atoms with van der Waals surface area (Å²) in [6, 6.07) is 8.19. The van der Waals surface area contributed by atoms with Crippen molar-refractivity contribution in [2.45, 2.75) is 70.1 Å². The summed E-state index contributed by atoms with van der Waals surface area (Å²) in [4.78, 5) is 25.3. The lowest BCUT2D eigenvalue weighted by Gasteiger charge is -2.56. The van der Waals surface area contributed by atoms with Gasteiger partial charge in [0.1, 0.15) is 0 Å². The Bertz CT molecular complexity index is 721. The zero-order valence-corrected chi connectivity index (χ0v) is 16.0. The van der Waals surface area contributed by atoms with E-state index < -0.39 is 0 Å². The quantitative estimate of drug-likeness (QED) is 0.798. The van der Waals surface area contributed by atoms with Crippen LogP contribution in [0.5, 0.6) is 0 Å². The zero-order valence-electron chi connectivity index (χ0n) is 16.0. The maximum absolute atomic E-state index is 12.7. The van der Waals surface area contributed by atoms with Gasteiger partial charge >= 0.3 is 0 Å². The molecule has 0 saturated heterocycles. The lowest BCUT2D eigenvalue weighted by Crippen LogP contribution is -2.50. The molecule has 0 unspecified atom stereocenters. The fourth-order valence-corrected chi connectivity index (χ4v) is 7.14. The van der Waals surface area contributed by atoms with Gasteiger partial charge in [0.25, 0.3) is 0 Å². The molecule has 0 spiro atoms. The molecule has 1 aromatic carbocycles. The van der Waals surface area contributed by atoms with Crippen LogP contribution in [0.3, 0.4) is 0 Å². The minimum Gasteiger partial charge on any atom is -0.273 e. The maximum atomic E-state index is 12.7. The molecule has 6 rings (SSSR count). The number of hydrogen-bond donors (Lipinski definition) is 2. The number of fused-ring (bicyclic) bond motifs is 1. The van der Waals surface area contributed by atoms with E-state index in [0.717, 1.165) is 42.6 Å². The van der Waals surface area contributed by atoms with Crippen LogP contribution in [0.2, 0.25) is 0 Å². The van der Waals surface area contributed by atoms with Gasteiger partial charge in [0.15, 0.2) is 0 Å². The van der Waals surface area contributed by atoms with Gasteiger partial charge in [0.05, 0.1) is 5.92 Å². The van der Waals surface area contributed by atoms with E-state index in [2.05, 4.69) is 23.0 Å². The highest BCUT2D eigenvalue weighted by Gasteiger charge is 2.51. The Morgan fingerprint density at radius 3 is 2.33 bits per heavy atom. The highest BCUT2D eigenvalue weighted by Crippen LogP contribution is 2.61. The monoisotopic (exact) mass is 366 g/mol. The normalized spacial score (nSPS) is 36.1. The van der Waals surface area contributed by atoms with Crippen molar-refractivity contribution < 1.29 is 9.59 Å². The molecule has 2 N–H and O–H groups in total. The number of carbonyl (C=O) groups is 2. The van der Waals surface area contributed by atoms with Crippen LogP contribution in [0.25, 0.3) is 0 Å². The molecule has 0 aromatic heterocycles. The third kappa shape index (κ3) is 3.28. The first-order valence-corrected chi connectivity index (χ1v) is 10.8. The van der Waals surface area contributed by atoms with Gasteiger partial charge < -0.3 is 0 Å². The fourth-order valence-electron chi connectivity index (χ4n) is 7.14. The van der Waals surface area contributed by atoms with Crippen molar-refractivity contribution in [3.8, 4) is 0 Å². The van der Waals surface area contributed by atoms with Gasteiger partial charge in [-0.25, -0.2) is 0 Å². The molecule has 4 nitrogen and oxygen atoms in total.